The van der Waals surface area contributed by atoms with Crippen molar-refractivity contribution in [2.75, 3.05) is 26.2 Å². The molecular weight excluding hydrogens is 400 g/mol. The largest absolute Gasteiger partial charge is 0.314 e. The van der Waals surface area contributed by atoms with E-state index in [1.165, 1.54) is 11.1 Å². The minimum absolute atomic E-state index is 0.814. The molecule has 0 atom stereocenters. The molecule has 3 aromatic heterocycles. The molecule has 32 heavy (non-hydrogen) atoms. The highest BCUT2D eigenvalue weighted by Crippen LogP contribution is 2.21. The number of hydrogen-bond acceptors (Lipinski definition) is 6. The zero-order valence-electron chi connectivity index (χ0n) is 19.0. The number of piperazine rings is 1. The van der Waals surface area contributed by atoms with E-state index in [2.05, 4.69) is 71.8 Å². The zero-order valence-corrected chi connectivity index (χ0v) is 19.0. The number of nitrogens with zero attached hydrogens (tertiary/aromatic N) is 7. The van der Waals surface area contributed by atoms with E-state index in [9.17, 15) is 0 Å². The molecule has 0 spiro atoms. The Labute approximate surface area is 188 Å². The van der Waals surface area contributed by atoms with Crippen molar-refractivity contribution in [3.8, 4) is 5.69 Å². The van der Waals surface area contributed by atoms with Crippen molar-refractivity contribution in [3.05, 3.63) is 70.4 Å². The van der Waals surface area contributed by atoms with Crippen LogP contribution in [0.3, 0.4) is 0 Å². The van der Waals surface area contributed by atoms with Crippen molar-refractivity contribution in [2.24, 2.45) is 0 Å². The minimum atomic E-state index is 0.814. The summed E-state index contributed by atoms with van der Waals surface area (Å²) in [5.74, 6) is 0. The number of benzene rings is 1. The molecule has 4 heterocycles. The molecule has 0 saturated carbocycles. The lowest BCUT2D eigenvalue weighted by molar-refractivity contribution is 0.230. The lowest BCUT2D eigenvalue weighted by Gasteiger charge is -2.25. The standard InChI is InChI=1S/C24H30N8/c1-4-23-22(24-26-18(3)17(2)14-32(24)28-23)13-19-5-7-21(8-6-19)31-16-20(27-29-31)15-30-11-9-25-10-12-30/h5-8,14,16,25H,4,9-13,15H2,1-3H3. The van der Waals surface area contributed by atoms with Crippen LogP contribution in [-0.4, -0.2) is 60.7 Å². The summed E-state index contributed by atoms with van der Waals surface area (Å²) in [6.45, 7) is 11.3. The van der Waals surface area contributed by atoms with Gasteiger partial charge in [0, 0.05) is 56.6 Å². The van der Waals surface area contributed by atoms with Crippen molar-refractivity contribution in [1.82, 2.24) is 39.8 Å². The molecule has 0 unspecified atom stereocenters. The molecule has 1 N–H and O–H groups in total. The summed E-state index contributed by atoms with van der Waals surface area (Å²) in [5.41, 5.74) is 8.76. The summed E-state index contributed by atoms with van der Waals surface area (Å²) in [6.07, 6.45) is 5.82. The van der Waals surface area contributed by atoms with E-state index in [0.717, 1.165) is 79.5 Å². The van der Waals surface area contributed by atoms with Gasteiger partial charge in [0.2, 0.25) is 0 Å². The van der Waals surface area contributed by atoms with Crippen LogP contribution >= 0.6 is 0 Å². The second-order valence-corrected chi connectivity index (χ2v) is 8.58. The first-order valence-corrected chi connectivity index (χ1v) is 11.4. The van der Waals surface area contributed by atoms with Gasteiger partial charge in [-0.05, 0) is 43.5 Å². The number of rotatable bonds is 6. The average Bonchev–Trinajstić information content (AvgIpc) is 3.40. The Hall–Kier alpha value is -3.10. The summed E-state index contributed by atoms with van der Waals surface area (Å²) in [7, 11) is 0. The predicted octanol–water partition coefficient (Wildman–Crippen LogP) is 2.49. The predicted molar refractivity (Wildman–Crippen MR) is 124 cm³/mol. The van der Waals surface area contributed by atoms with Gasteiger partial charge in [-0.1, -0.05) is 24.3 Å². The van der Waals surface area contributed by atoms with Crippen LogP contribution in [-0.2, 0) is 19.4 Å². The van der Waals surface area contributed by atoms with Gasteiger partial charge >= 0.3 is 0 Å². The Balaban J connectivity index is 1.34. The monoisotopic (exact) mass is 430 g/mol. The SMILES string of the molecule is CCc1nn2cc(C)c(C)nc2c1Cc1ccc(-n2cc(CN3CCNCC3)nn2)cc1. The number of aryl methyl sites for hydroxylation is 3. The Morgan fingerprint density at radius 3 is 2.56 bits per heavy atom. The molecule has 0 bridgehead atoms. The lowest BCUT2D eigenvalue weighted by atomic mass is 10.0. The van der Waals surface area contributed by atoms with E-state index in [-0.39, 0.29) is 0 Å². The highest BCUT2D eigenvalue weighted by Gasteiger charge is 2.15. The normalized spacial score (nSPS) is 15.0. The molecule has 8 nitrogen and oxygen atoms in total. The second kappa shape index (κ2) is 8.80. The second-order valence-electron chi connectivity index (χ2n) is 8.58. The molecule has 4 aromatic rings. The molecule has 166 valence electrons. The summed E-state index contributed by atoms with van der Waals surface area (Å²) >= 11 is 0. The van der Waals surface area contributed by atoms with Crippen LogP contribution in [0.2, 0.25) is 0 Å². The summed E-state index contributed by atoms with van der Waals surface area (Å²) in [4.78, 5) is 7.24. The lowest BCUT2D eigenvalue weighted by Crippen LogP contribution is -2.42. The van der Waals surface area contributed by atoms with Crippen LogP contribution in [0.5, 0.6) is 0 Å². The van der Waals surface area contributed by atoms with Gasteiger partial charge in [-0.25, -0.2) is 14.2 Å². The van der Waals surface area contributed by atoms with Crippen molar-refractivity contribution >= 4 is 5.65 Å². The number of aromatic nitrogens is 6. The molecule has 1 fully saturated rings. The molecule has 0 radical (unpaired) electrons. The maximum atomic E-state index is 4.83. The van der Waals surface area contributed by atoms with E-state index in [4.69, 9.17) is 10.1 Å². The molecule has 0 aliphatic carbocycles. The minimum Gasteiger partial charge on any atom is -0.314 e. The van der Waals surface area contributed by atoms with Crippen LogP contribution in [0, 0.1) is 13.8 Å². The topological polar surface area (TPSA) is 76.2 Å². The van der Waals surface area contributed by atoms with Crippen LogP contribution in [0.15, 0.2) is 36.7 Å². The third-order valence-electron chi connectivity index (χ3n) is 6.28. The van der Waals surface area contributed by atoms with Gasteiger partial charge in [0.15, 0.2) is 5.65 Å². The molecule has 0 amide bonds. The Kier molecular flexibility index (Phi) is 5.71. The average molecular weight is 431 g/mol. The summed E-state index contributed by atoms with van der Waals surface area (Å²) in [5, 5.41) is 16.9. The third kappa shape index (κ3) is 4.16. The van der Waals surface area contributed by atoms with Gasteiger partial charge in [-0.3, -0.25) is 4.90 Å². The number of fused-ring (bicyclic) bond motifs is 1. The quantitative estimate of drug-likeness (QED) is 0.507. The fourth-order valence-corrected chi connectivity index (χ4v) is 4.27. The van der Waals surface area contributed by atoms with Crippen molar-refractivity contribution < 1.29 is 0 Å². The van der Waals surface area contributed by atoms with Gasteiger partial charge < -0.3 is 5.32 Å². The van der Waals surface area contributed by atoms with Crippen molar-refractivity contribution in [2.45, 2.75) is 40.2 Å². The first kappa shape index (κ1) is 20.8. The van der Waals surface area contributed by atoms with Crippen LogP contribution in [0.1, 0.15) is 40.7 Å². The van der Waals surface area contributed by atoms with Crippen molar-refractivity contribution in [3.63, 3.8) is 0 Å². The van der Waals surface area contributed by atoms with Gasteiger partial charge in [-0.15, -0.1) is 5.10 Å². The molecule has 8 heteroatoms. The maximum absolute atomic E-state index is 4.83. The van der Waals surface area contributed by atoms with E-state index in [0.29, 0.717) is 0 Å². The Bertz CT molecular complexity index is 1220. The van der Waals surface area contributed by atoms with Crippen molar-refractivity contribution in [1.29, 1.82) is 0 Å². The molecule has 1 aliphatic rings. The van der Waals surface area contributed by atoms with E-state index in [1.54, 1.807) is 0 Å². The van der Waals surface area contributed by atoms with Gasteiger partial charge in [0.1, 0.15) is 0 Å². The smallest absolute Gasteiger partial charge is 0.158 e. The Morgan fingerprint density at radius 1 is 1.03 bits per heavy atom. The van der Waals surface area contributed by atoms with Crippen LogP contribution in [0.4, 0.5) is 0 Å². The highest BCUT2D eigenvalue weighted by molar-refractivity contribution is 5.53. The summed E-state index contributed by atoms with van der Waals surface area (Å²) in [6, 6.07) is 8.55. The van der Waals surface area contributed by atoms with E-state index in [1.807, 2.05) is 15.4 Å². The molecule has 1 saturated heterocycles. The Morgan fingerprint density at radius 2 is 1.81 bits per heavy atom. The van der Waals surface area contributed by atoms with Crippen LogP contribution in [0.25, 0.3) is 11.3 Å². The third-order valence-corrected chi connectivity index (χ3v) is 6.28. The number of nitrogens with one attached hydrogen (secondary N) is 1. The molecular formula is C24H30N8. The zero-order chi connectivity index (χ0) is 22.1. The molecule has 5 rings (SSSR count). The van der Waals surface area contributed by atoms with Crippen LogP contribution < -0.4 is 5.32 Å². The van der Waals surface area contributed by atoms with E-state index >= 15 is 0 Å². The number of hydrogen-bond donors (Lipinski definition) is 1. The van der Waals surface area contributed by atoms with Gasteiger partial charge in [0.25, 0.3) is 0 Å². The first-order chi connectivity index (χ1) is 15.6. The molecule has 1 aromatic carbocycles. The van der Waals surface area contributed by atoms with Gasteiger partial charge in [0.05, 0.1) is 23.3 Å². The molecule has 1 aliphatic heterocycles. The van der Waals surface area contributed by atoms with Gasteiger partial charge in [-0.2, -0.15) is 5.10 Å². The fourth-order valence-electron chi connectivity index (χ4n) is 4.27. The highest BCUT2D eigenvalue weighted by atomic mass is 15.4. The maximum Gasteiger partial charge on any atom is 0.158 e. The summed E-state index contributed by atoms with van der Waals surface area (Å²) < 4.78 is 3.79. The fraction of sp³-hybridized carbons (Fsp3) is 0.417. The van der Waals surface area contributed by atoms with E-state index < -0.39 is 0 Å². The first-order valence-electron chi connectivity index (χ1n) is 11.4.